The lowest BCUT2D eigenvalue weighted by molar-refractivity contribution is 0.0691. The first-order chi connectivity index (χ1) is 16.8. The molecule has 8 nitrogen and oxygen atoms in total. The average molecular weight is 482 g/mol. The normalized spacial score (nSPS) is 16.7. The van der Waals surface area contributed by atoms with E-state index in [-0.39, 0.29) is 0 Å². The summed E-state index contributed by atoms with van der Waals surface area (Å²) >= 11 is 0. The molecule has 1 aliphatic rings. The lowest BCUT2D eigenvalue weighted by Crippen LogP contribution is -2.39. The lowest BCUT2D eigenvalue weighted by atomic mass is 9.98. The maximum Gasteiger partial charge on any atom is 0.345 e. The van der Waals surface area contributed by atoms with Gasteiger partial charge >= 0.3 is 5.97 Å². The number of likely N-dealkylation sites (tertiary alicyclic amines) is 1. The summed E-state index contributed by atoms with van der Waals surface area (Å²) in [4.78, 5) is 29.1. The van der Waals surface area contributed by atoms with Crippen LogP contribution in [-0.4, -0.2) is 56.9 Å². The van der Waals surface area contributed by atoms with E-state index in [4.69, 9.17) is 4.74 Å². The van der Waals surface area contributed by atoms with Gasteiger partial charge in [-0.05, 0) is 62.4 Å². The number of rotatable bonds is 9. The van der Waals surface area contributed by atoms with Crippen molar-refractivity contribution in [3.05, 3.63) is 51.4 Å². The second-order valence-corrected chi connectivity index (χ2v) is 9.41. The van der Waals surface area contributed by atoms with Gasteiger partial charge in [0.05, 0.1) is 5.69 Å². The van der Waals surface area contributed by atoms with Crippen molar-refractivity contribution in [1.82, 2.24) is 14.5 Å². The summed E-state index contributed by atoms with van der Waals surface area (Å²) in [6, 6.07) is 8.68. The quantitative estimate of drug-likeness (QED) is 0.394. The molecule has 1 aliphatic heterocycles. The van der Waals surface area contributed by atoms with Crippen LogP contribution in [0.4, 0.5) is 0 Å². The van der Waals surface area contributed by atoms with E-state index in [2.05, 4.69) is 27.6 Å². The highest BCUT2D eigenvalue weighted by Gasteiger charge is 2.24. The van der Waals surface area contributed by atoms with Gasteiger partial charge in [0.2, 0.25) is 0 Å². The van der Waals surface area contributed by atoms with Gasteiger partial charge in [-0.15, -0.1) is 0 Å². The zero-order chi connectivity index (χ0) is 25.1. The first-order valence-electron chi connectivity index (χ1n) is 12.4. The molecule has 0 aliphatic carbocycles. The van der Waals surface area contributed by atoms with Crippen molar-refractivity contribution in [2.75, 3.05) is 20.3 Å². The molecule has 3 N–H and O–H groups in total. The van der Waals surface area contributed by atoms with Crippen LogP contribution in [0.15, 0.2) is 29.1 Å². The lowest BCUT2D eigenvalue weighted by Gasteiger charge is -2.36. The minimum absolute atomic E-state index is 0.385. The number of aromatic hydroxyl groups is 1. The summed E-state index contributed by atoms with van der Waals surface area (Å²) in [6.45, 7) is 4.60. The number of methoxy groups -OCH3 is 1. The van der Waals surface area contributed by atoms with Crippen LogP contribution in [0.1, 0.15) is 60.6 Å². The van der Waals surface area contributed by atoms with Gasteiger partial charge in [-0.1, -0.05) is 19.4 Å². The van der Waals surface area contributed by atoms with Crippen LogP contribution >= 0.6 is 0 Å². The Bertz CT molecular complexity index is 1280. The molecule has 1 atom stereocenters. The Hall–Kier alpha value is -3.10. The number of piperidine rings is 1. The van der Waals surface area contributed by atoms with E-state index < -0.39 is 22.8 Å². The molecule has 0 radical (unpaired) electrons. The molecule has 0 bridgehead atoms. The third-order valence-electron chi connectivity index (χ3n) is 7.29. The Kier molecular flexibility index (Phi) is 7.62. The Balaban J connectivity index is 1.67. The summed E-state index contributed by atoms with van der Waals surface area (Å²) in [6.07, 6.45) is 6.32. The van der Waals surface area contributed by atoms with Gasteiger partial charge in [-0.3, -0.25) is 9.69 Å². The number of aryl methyl sites for hydroxylation is 1. The predicted octanol–water partition coefficient (Wildman–Crippen LogP) is 4.28. The van der Waals surface area contributed by atoms with Crippen LogP contribution in [0, 0.1) is 0 Å². The number of hydrogen-bond acceptors (Lipinski definition) is 5. The molecule has 3 aromatic rings. The number of nitrogens with zero attached hydrogens (tertiary/aromatic N) is 2. The number of ether oxygens (including phenoxy) is 1. The fraction of sp³-hybridized carbons (Fsp3) is 0.481. The SMILES string of the molecule is CCc1c(-c2ccc3c(c2)cc(CN2CCCCC2CCCOC)n3C)[nH]c(=O)c(C(=O)O)c1O. The molecule has 3 heterocycles. The number of benzene rings is 1. The molecule has 0 amide bonds. The molecule has 4 rings (SSSR count). The van der Waals surface area contributed by atoms with Gasteiger partial charge in [-0.25, -0.2) is 4.79 Å². The van der Waals surface area contributed by atoms with Crippen LogP contribution in [-0.2, 0) is 24.8 Å². The minimum Gasteiger partial charge on any atom is -0.506 e. The molecular weight excluding hydrogens is 446 g/mol. The van der Waals surface area contributed by atoms with E-state index in [0.29, 0.717) is 23.7 Å². The van der Waals surface area contributed by atoms with E-state index in [0.717, 1.165) is 49.0 Å². The molecule has 0 saturated carbocycles. The molecule has 188 valence electrons. The molecular formula is C27H35N3O5. The first kappa shape index (κ1) is 25.0. The highest BCUT2D eigenvalue weighted by Crippen LogP contribution is 2.33. The maximum atomic E-state index is 12.4. The van der Waals surface area contributed by atoms with Gasteiger partial charge < -0.3 is 24.5 Å². The smallest absolute Gasteiger partial charge is 0.345 e. The standard InChI is InChI=1S/C27H35N3O5/c1-4-21-24(28-26(32)23(25(21)31)27(33)34)17-10-11-22-18(14-17)15-20(29(22)2)16-30-12-6-5-8-19(30)9-7-13-35-3/h10-11,14-15,19H,4-9,12-13,16H2,1-3H3,(H,33,34)(H2,28,31,32). The van der Waals surface area contributed by atoms with E-state index in [1.165, 1.54) is 25.0 Å². The zero-order valence-corrected chi connectivity index (χ0v) is 20.8. The van der Waals surface area contributed by atoms with Crippen LogP contribution in [0.25, 0.3) is 22.2 Å². The summed E-state index contributed by atoms with van der Waals surface area (Å²) < 4.78 is 7.47. The minimum atomic E-state index is -1.44. The molecule has 2 aromatic heterocycles. The summed E-state index contributed by atoms with van der Waals surface area (Å²) in [5.74, 6) is -1.90. The predicted molar refractivity (Wildman–Crippen MR) is 136 cm³/mol. The fourth-order valence-electron chi connectivity index (χ4n) is 5.40. The van der Waals surface area contributed by atoms with Gasteiger partial charge in [0, 0.05) is 55.5 Å². The Morgan fingerprint density at radius 1 is 1.26 bits per heavy atom. The van der Waals surface area contributed by atoms with Crippen molar-refractivity contribution in [1.29, 1.82) is 0 Å². The summed E-state index contributed by atoms with van der Waals surface area (Å²) in [5.41, 5.74) is 2.51. The summed E-state index contributed by atoms with van der Waals surface area (Å²) in [7, 11) is 3.83. The van der Waals surface area contributed by atoms with E-state index in [1.54, 1.807) is 7.11 Å². The van der Waals surface area contributed by atoms with Gasteiger partial charge in [0.25, 0.3) is 5.56 Å². The Morgan fingerprint density at radius 3 is 2.77 bits per heavy atom. The van der Waals surface area contributed by atoms with Crippen molar-refractivity contribution < 1.29 is 19.7 Å². The van der Waals surface area contributed by atoms with Crippen LogP contribution in [0.2, 0.25) is 0 Å². The first-order valence-corrected chi connectivity index (χ1v) is 12.4. The number of H-pyrrole nitrogens is 1. The van der Waals surface area contributed by atoms with Crippen molar-refractivity contribution in [2.24, 2.45) is 7.05 Å². The molecule has 35 heavy (non-hydrogen) atoms. The third-order valence-corrected chi connectivity index (χ3v) is 7.29. The molecule has 8 heteroatoms. The highest BCUT2D eigenvalue weighted by molar-refractivity contribution is 5.92. The van der Waals surface area contributed by atoms with Crippen molar-refractivity contribution >= 4 is 16.9 Å². The number of aromatic amines is 1. The molecule has 0 spiro atoms. The number of fused-ring (bicyclic) bond motifs is 1. The third kappa shape index (κ3) is 4.99. The Labute approximate surface area is 205 Å². The number of carboxylic acid groups (broad SMARTS) is 1. The van der Waals surface area contributed by atoms with Crippen LogP contribution in [0.5, 0.6) is 5.75 Å². The van der Waals surface area contributed by atoms with Crippen molar-refractivity contribution in [3.8, 4) is 17.0 Å². The Morgan fingerprint density at radius 2 is 2.06 bits per heavy atom. The number of hydrogen-bond donors (Lipinski definition) is 3. The zero-order valence-electron chi connectivity index (χ0n) is 20.8. The fourth-order valence-corrected chi connectivity index (χ4v) is 5.40. The molecule has 1 fully saturated rings. The maximum absolute atomic E-state index is 12.4. The number of aromatic nitrogens is 2. The summed E-state index contributed by atoms with van der Waals surface area (Å²) in [5, 5.41) is 20.9. The molecule has 1 aromatic carbocycles. The topological polar surface area (TPSA) is 108 Å². The molecule has 1 saturated heterocycles. The van der Waals surface area contributed by atoms with E-state index >= 15 is 0 Å². The number of aromatic carboxylic acids is 1. The van der Waals surface area contributed by atoms with Crippen molar-refractivity contribution in [3.63, 3.8) is 0 Å². The number of carboxylic acids is 1. The van der Waals surface area contributed by atoms with Crippen molar-refractivity contribution in [2.45, 2.75) is 58.0 Å². The monoisotopic (exact) mass is 481 g/mol. The largest absolute Gasteiger partial charge is 0.506 e. The number of carbonyl (C=O) groups is 1. The average Bonchev–Trinajstić information content (AvgIpc) is 3.14. The number of nitrogens with one attached hydrogen (secondary N) is 1. The van der Waals surface area contributed by atoms with Gasteiger partial charge in [0.15, 0.2) is 5.56 Å². The second kappa shape index (κ2) is 10.7. The van der Waals surface area contributed by atoms with E-state index in [9.17, 15) is 19.8 Å². The highest BCUT2D eigenvalue weighted by atomic mass is 16.5. The number of pyridine rings is 1. The van der Waals surface area contributed by atoms with Gasteiger partial charge in [0.1, 0.15) is 5.75 Å². The van der Waals surface area contributed by atoms with Crippen LogP contribution < -0.4 is 5.56 Å². The van der Waals surface area contributed by atoms with Crippen LogP contribution in [0.3, 0.4) is 0 Å². The van der Waals surface area contributed by atoms with Gasteiger partial charge in [-0.2, -0.15) is 0 Å². The second-order valence-electron chi connectivity index (χ2n) is 9.41. The molecule has 1 unspecified atom stereocenters. The van der Waals surface area contributed by atoms with E-state index in [1.807, 2.05) is 25.1 Å².